The number of esters is 1. The van der Waals surface area contributed by atoms with Gasteiger partial charge >= 0.3 is 5.97 Å². The first-order valence-electron chi connectivity index (χ1n) is 14.3. The maximum absolute atomic E-state index is 11.8. The molecular formula is C31H50O2. The quantitative estimate of drug-likeness (QED) is 0.298. The van der Waals surface area contributed by atoms with Crippen LogP contribution >= 0.6 is 0 Å². The van der Waals surface area contributed by atoms with Crippen LogP contribution in [0, 0.1) is 51.2 Å². The van der Waals surface area contributed by atoms with Crippen molar-refractivity contribution in [3.63, 3.8) is 0 Å². The van der Waals surface area contributed by atoms with Crippen LogP contribution < -0.4 is 0 Å². The molecule has 5 fully saturated rings. The van der Waals surface area contributed by atoms with Crippen LogP contribution in [0.2, 0.25) is 0 Å². The molecule has 0 saturated heterocycles. The third kappa shape index (κ3) is 3.35. The molecule has 0 bridgehead atoms. The highest BCUT2D eigenvalue weighted by Gasteiger charge is 2.80. The molecule has 2 nitrogen and oxygen atoms in total. The summed E-state index contributed by atoms with van der Waals surface area (Å²) in [7, 11) is 0. The molecule has 0 aromatic carbocycles. The zero-order valence-corrected chi connectivity index (χ0v) is 22.5. The van der Waals surface area contributed by atoms with Gasteiger partial charge in [0.1, 0.15) is 6.10 Å². The molecule has 33 heavy (non-hydrogen) atoms. The highest BCUT2D eigenvalue weighted by atomic mass is 16.5. The molecule has 2 spiro atoms. The first-order chi connectivity index (χ1) is 15.5. The SMILES string of the molecule is C=C(CCCC1CCC2C3CCC4C(C)(C)C(OC(C)=O)CCC45CC35CCC12C)C(C)C. The zero-order chi connectivity index (χ0) is 23.8. The largest absolute Gasteiger partial charge is 0.462 e. The number of allylic oxidation sites excluding steroid dienone is 1. The molecule has 0 heterocycles. The molecule has 186 valence electrons. The predicted molar refractivity (Wildman–Crippen MR) is 136 cm³/mol. The van der Waals surface area contributed by atoms with Gasteiger partial charge in [0, 0.05) is 12.3 Å². The Bertz CT molecular complexity index is 810. The van der Waals surface area contributed by atoms with Gasteiger partial charge in [-0.15, -0.1) is 0 Å². The van der Waals surface area contributed by atoms with Crippen molar-refractivity contribution in [2.75, 3.05) is 0 Å². The fourth-order valence-corrected chi connectivity index (χ4v) is 10.7. The summed E-state index contributed by atoms with van der Waals surface area (Å²) in [4.78, 5) is 11.8. The molecule has 5 rings (SSSR count). The Morgan fingerprint density at radius 3 is 2.39 bits per heavy atom. The second kappa shape index (κ2) is 7.86. The molecule has 5 aliphatic rings. The Morgan fingerprint density at radius 1 is 0.970 bits per heavy atom. The number of hydrogen-bond acceptors (Lipinski definition) is 2. The molecule has 0 aliphatic heterocycles. The van der Waals surface area contributed by atoms with Gasteiger partial charge in [-0.05, 0) is 123 Å². The van der Waals surface area contributed by atoms with Gasteiger partial charge in [0.05, 0.1) is 0 Å². The molecule has 0 amide bonds. The van der Waals surface area contributed by atoms with E-state index in [0.29, 0.717) is 22.2 Å². The van der Waals surface area contributed by atoms with E-state index in [0.717, 1.165) is 30.1 Å². The van der Waals surface area contributed by atoms with Crippen LogP contribution in [0.5, 0.6) is 0 Å². The van der Waals surface area contributed by atoms with E-state index >= 15 is 0 Å². The van der Waals surface area contributed by atoms with Crippen LogP contribution in [-0.2, 0) is 9.53 Å². The third-order valence-electron chi connectivity index (χ3n) is 12.6. The third-order valence-corrected chi connectivity index (χ3v) is 12.6. The smallest absolute Gasteiger partial charge is 0.302 e. The van der Waals surface area contributed by atoms with Gasteiger partial charge in [-0.25, -0.2) is 0 Å². The van der Waals surface area contributed by atoms with Crippen molar-refractivity contribution in [3.8, 4) is 0 Å². The summed E-state index contributed by atoms with van der Waals surface area (Å²) in [5.74, 6) is 4.13. The van der Waals surface area contributed by atoms with Crippen LogP contribution in [0.15, 0.2) is 12.2 Å². The summed E-state index contributed by atoms with van der Waals surface area (Å²) in [5.41, 5.74) is 3.33. The summed E-state index contributed by atoms with van der Waals surface area (Å²) in [6.07, 6.45) is 16.7. The van der Waals surface area contributed by atoms with Gasteiger partial charge in [-0.1, -0.05) is 46.8 Å². The van der Waals surface area contributed by atoms with Crippen molar-refractivity contribution in [2.45, 2.75) is 125 Å². The molecule has 8 atom stereocenters. The summed E-state index contributed by atoms with van der Waals surface area (Å²) < 4.78 is 5.88. The number of ether oxygens (including phenoxy) is 1. The van der Waals surface area contributed by atoms with Gasteiger partial charge in [0.15, 0.2) is 0 Å². The Balaban J connectivity index is 1.30. The molecule has 5 saturated carbocycles. The molecule has 0 aromatic rings. The van der Waals surface area contributed by atoms with Crippen LogP contribution in [0.4, 0.5) is 0 Å². The number of fused-ring (bicyclic) bond motifs is 2. The maximum atomic E-state index is 11.8. The lowest BCUT2D eigenvalue weighted by Crippen LogP contribution is -2.54. The standard InChI is InChI=1S/C31H50O2/c1-20(2)21(3)9-8-10-23-11-12-24-25-13-14-26-28(5,6)27(33-22(4)32)15-16-31(26)19-30(25,31)18-17-29(23,24)7/h20,23-27H,3,8-19H2,1-2,4-7H3. The average molecular weight is 455 g/mol. The van der Waals surface area contributed by atoms with Gasteiger partial charge in [0.25, 0.3) is 0 Å². The van der Waals surface area contributed by atoms with Crippen LogP contribution in [0.25, 0.3) is 0 Å². The summed E-state index contributed by atoms with van der Waals surface area (Å²) in [6, 6.07) is 0. The normalized spacial score (nSPS) is 47.2. The van der Waals surface area contributed by atoms with Crippen LogP contribution in [0.1, 0.15) is 119 Å². The highest BCUT2D eigenvalue weighted by Crippen LogP contribution is 2.87. The Kier molecular flexibility index (Phi) is 5.70. The van der Waals surface area contributed by atoms with E-state index in [1.54, 1.807) is 6.92 Å². The first kappa shape index (κ1) is 23.9. The highest BCUT2D eigenvalue weighted by molar-refractivity contribution is 5.66. The minimum absolute atomic E-state index is 0.0920. The topological polar surface area (TPSA) is 26.3 Å². The van der Waals surface area contributed by atoms with Gasteiger partial charge < -0.3 is 4.74 Å². The number of carbonyl (C=O) groups excluding carboxylic acids is 1. The summed E-state index contributed by atoms with van der Waals surface area (Å²) in [6.45, 7) is 18.0. The molecule has 2 heteroatoms. The van der Waals surface area contributed by atoms with Crippen LogP contribution in [0.3, 0.4) is 0 Å². The van der Waals surface area contributed by atoms with Gasteiger partial charge in [-0.2, -0.15) is 0 Å². The molecule has 0 N–H and O–H groups in total. The number of hydrogen-bond donors (Lipinski definition) is 0. The predicted octanol–water partition coefficient (Wildman–Crippen LogP) is 8.35. The van der Waals surface area contributed by atoms with E-state index in [2.05, 4.69) is 41.2 Å². The zero-order valence-electron chi connectivity index (χ0n) is 22.5. The molecular weight excluding hydrogens is 404 g/mol. The monoisotopic (exact) mass is 454 g/mol. The van der Waals surface area contributed by atoms with E-state index in [1.807, 2.05) is 0 Å². The number of carbonyl (C=O) groups is 1. The van der Waals surface area contributed by atoms with Crippen molar-refractivity contribution in [3.05, 3.63) is 12.2 Å². The average Bonchev–Trinajstić information content (AvgIpc) is 3.29. The fourth-order valence-electron chi connectivity index (χ4n) is 10.7. The number of rotatable bonds is 6. The van der Waals surface area contributed by atoms with E-state index in [1.165, 1.54) is 76.2 Å². The van der Waals surface area contributed by atoms with Crippen LogP contribution in [-0.4, -0.2) is 12.1 Å². The van der Waals surface area contributed by atoms with E-state index in [-0.39, 0.29) is 17.5 Å². The van der Waals surface area contributed by atoms with Crippen molar-refractivity contribution < 1.29 is 9.53 Å². The Labute approximate surface area is 203 Å². The minimum atomic E-state index is -0.0920. The van der Waals surface area contributed by atoms with Gasteiger partial charge in [0.2, 0.25) is 0 Å². The first-order valence-corrected chi connectivity index (χ1v) is 14.3. The second-order valence-corrected chi connectivity index (χ2v) is 14.3. The lowest BCUT2D eigenvalue weighted by molar-refractivity contribution is -0.173. The molecule has 0 radical (unpaired) electrons. The summed E-state index contributed by atoms with van der Waals surface area (Å²) >= 11 is 0. The Morgan fingerprint density at radius 2 is 1.70 bits per heavy atom. The molecule has 5 aliphatic carbocycles. The van der Waals surface area contributed by atoms with Crippen molar-refractivity contribution in [1.29, 1.82) is 0 Å². The fraction of sp³-hybridized carbons (Fsp3) is 0.903. The minimum Gasteiger partial charge on any atom is -0.462 e. The van der Waals surface area contributed by atoms with E-state index in [4.69, 9.17) is 4.74 Å². The van der Waals surface area contributed by atoms with Crippen molar-refractivity contribution in [2.24, 2.45) is 51.2 Å². The van der Waals surface area contributed by atoms with Crippen molar-refractivity contribution in [1.82, 2.24) is 0 Å². The van der Waals surface area contributed by atoms with Gasteiger partial charge in [-0.3, -0.25) is 4.79 Å². The Hall–Kier alpha value is -0.790. The van der Waals surface area contributed by atoms with Crippen molar-refractivity contribution >= 4 is 5.97 Å². The van der Waals surface area contributed by atoms with E-state index in [9.17, 15) is 4.79 Å². The molecule has 8 unspecified atom stereocenters. The maximum Gasteiger partial charge on any atom is 0.302 e. The van der Waals surface area contributed by atoms with E-state index < -0.39 is 0 Å². The summed E-state index contributed by atoms with van der Waals surface area (Å²) in [5, 5.41) is 0. The lowest BCUT2D eigenvalue weighted by Gasteiger charge is -2.59. The second-order valence-electron chi connectivity index (χ2n) is 14.3. The molecule has 0 aromatic heterocycles. The lowest BCUT2D eigenvalue weighted by atomic mass is 9.46.